The molecule has 0 radical (unpaired) electrons. The quantitative estimate of drug-likeness (QED) is 0.586. The van der Waals surface area contributed by atoms with Crippen molar-refractivity contribution in [3.05, 3.63) is 65.8 Å². The first-order valence-electron chi connectivity index (χ1n) is 10.3. The van der Waals surface area contributed by atoms with E-state index in [0.717, 1.165) is 42.4 Å². The van der Waals surface area contributed by atoms with Crippen LogP contribution in [0.5, 0.6) is 0 Å². The summed E-state index contributed by atoms with van der Waals surface area (Å²) in [6, 6.07) is 18.9. The summed E-state index contributed by atoms with van der Waals surface area (Å²) in [6.07, 6.45) is 5.61. The third kappa shape index (κ3) is 4.97. The lowest BCUT2D eigenvalue weighted by Crippen LogP contribution is -2.41. The molecule has 0 aliphatic heterocycles. The normalized spacial score (nSPS) is 18.6. The number of anilines is 1. The van der Waals surface area contributed by atoms with Crippen LogP contribution < -0.4 is 10.6 Å². The van der Waals surface area contributed by atoms with Gasteiger partial charge in [-0.3, -0.25) is 4.79 Å². The number of rotatable bonds is 5. The van der Waals surface area contributed by atoms with Gasteiger partial charge in [0, 0.05) is 24.6 Å². The van der Waals surface area contributed by atoms with Crippen LogP contribution >= 0.6 is 11.6 Å². The molecule has 1 amide bonds. The highest BCUT2D eigenvalue weighted by molar-refractivity contribution is 6.32. The Labute approximate surface area is 181 Å². The number of benzene rings is 2. The predicted octanol–water partition coefficient (Wildman–Crippen LogP) is 5.32. The van der Waals surface area contributed by atoms with E-state index in [4.69, 9.17) is 16.6 Å². The van der Waals surface area contributed by atoms with Gasteiger partial charge in [-0.25, -0.2) is 9.97 Å². The highest BCUT2D eigenvalue weighted by Gasteiger charge is 2.23. The van der Waals surface area contributed by atoms with Crippen molar-refractivity contribution < 1.29 is 4.79 Å². The SMILES string of the molecule is CC(=O)N[C@@H]1CCC[C@@H](Nc2ncc(Cl)c(-c3cccc(-c4ccccc4)c3)n2)C1. The molecule has 6 heteroatoms. The fourth-order valence-corrected chi connectivity index (χ4v) is 4.24. The van der Waals surface area contributed by atoms with Gasteiger partial charge in [0.1, 0.15) is 0 Å². The molecule has 1 aromatic heterocycles. The van der Waals surface area contributed by atoms with Gasteiger partial charge in [-0.2, -0.15) is 0 Å². The molecule has 1 aliphatic carbocycles. The van der Waals surface area contributed by atoms with E-state index < -0.39 is 0 Å². The van der Waals surface area contributed by atoms with Gasteiger partial charge in [0.05, 0.1) is 16.9 Å². The molecule has 1 aliphatic rings. The van der Waals surface area contributed by atoms with E-state index in [0.29, 0.717) is 16.7 Å². The number of nitrogens with zero attached hydrogens (tertiary/aromatic N) is 2. The van der Waals surface area contributed by atoms with E-state index in [9.17, 15) is 4.79 Å². The van der Waals surface area contributed by atoms with Gasteiger partial charge < -0.3 is 10.6 Å². The van der Waals surface area contributed by atoms with E-state index in [1.54, 1.807) is 13.1 Å². The molecule has 2 atom stereocenters. The minimum Gasteiger partial charge on any atom is -0.354 e. The van der Waals surface area contributed by atoms with E-state index in [1.165, 1.54) is 0 Å². The fraction of sp³-hybridized carbons (Fsp3) is 0.292. The Balaban J connectivity index is 1.55. The molecular weight excluding hydrogens is 396 g/mol. The van der Waals surface area contributed by atoms with Crippen LogP contribution in [0.3, 0.4) is 0 Å². The summed E-state index contributed by atoms with van der Waals surface area (Å²) >= 11 is 6.45. The molecule has 0 bridgehead atoms. The van der Waals surface area contributed by atoms with Crippen LogP contribution in [0.15, 0.2) is 60.8 Å². The van der Waals surface area contributed by atoms with Crippen LogP contribution in [-0.4, -0.2) is 28.0 Å². The average molecular weight is 421 g/mol. The van der Waals surface area contributed by atoms with Gasteiger partial charge in [-0.15, -0.1) is 0 Å². The number of carbonyl (C=O) groups is 1. The van der Waals surface area contributed by atoms with Gasteiger partial charge in [-0.1, -0.05) is 60.1 Å². The van der Waals surface area contributed by atoms with Crippen molar-refractivity contribution in [2.45, 2.75) is 44.7 Å². The second-order valence-electron chi connectivity index (χ2n) is 7.74. The third-order valence-corrected chi connectivity index (χ3v) is 5.68. The topological polar surface area (TPSA) is 66.9 Å². The summed E-state index contributed by atoms with van der Waals surface area (Å²) in [7, 11) is 0. The first kappa shape index (κ1) is 20.4. The number of hydrogen-bond acceptors (Lipinski definition) is 4. The highest BCUT2D eigenvalue weighted by Crippen LogP contribution is 2.30. The van der Waals surface area contributed by atoms with E-state index in [-0.39, 0.29) is 18.0 Å². The second kappa shape index (κ2) is 9.26. The highest BCUT2D eigenvalue weighted by atomic mass is 35.5. The number of hydrogen-bond donors (Lipinski definition) is 2. The number of aromatic nitrogens is 2. The van der Waals surface area contributed by atoms with E-state index >= 15 is 0 Å². The second-order valence-corrected chi connectivity index (χ2v) is 8.15. The molecule has 1 heterocycles. The van der Waals surface area contributed by atoms with Crippen molar-refractivity contribution in [2.75, 3.05) is 5.32 Å². The summed E-state index contributed by atoms with van der Waals surface area (Å²) < 4.78 is 0. The lowest BCUT2D eigenvalue weighted by Gasteiger charge is -2.30. The monoisotopic (exact) mass is 420 g/mol. The smallest absolute Gasteiger partial charge is 0.223 e. The lowest BCUT2D eigenvalue weighted by atomic mass is 9.91. The molecule has 4 rings (SSSR count). The molecule has 1 fully saturated rings. The molecule has 0 saturated heterocycles. The molecule has 2 aromatic carbocycles. The van der Waals surface area contributed by atoms with Gasteiger partial charge in [-0.05, 0) is 42.9 Å². The van der Waals surface area contributed by atoms with Crippen LogP contribution in [0.2, 0.25) is 5.02 Å². The number of halogens is 1. The zero-order valence-corrected chi connectivity index (χ0v) is 17.7. The summed E-state index contributed by atoms with van der Waals surface area (Å²) in [5.74, 6) is 0.581. The van der Waals surface area contributed by atoms with E-state index in [1.807, 2.05) is 30.3 Å². The third-order valence-electron chi connectivity index (χ3n) is 5.40. The van der Waals surface area contributed by atoms with Crippen LogP contribution in [0.4, 0.5) is 5.95 Å². The maximum absolute atomic E-state index is 11.4. The molecule has 0 spiro atoms. The zero-order valence-electron chi connectivity index (χ0n) is 16.9. The van der Waals surface area contributed by atoms with Crippen molar-refractivity contribution in [1.29, 1.82) is 0 Å². The van der Waals surface area contributed by atoms with Crippen LogP contribution in [-0.2, 0) is 4.79 Å². The molecule has 0 unspecified atom stereocenters. The molecule has 2 N–H and O–H groups in total. The van der Waals surface area contributed by atoms with Gasteiger partial charge in [0.2, 0.25) is 11.9 Å². The van der Waals surface area contributed by atoms with Crippen LogP contribution in [0.25, 0.3) is 22.4 Å². The van der Waals surface area contributed by atoms with Gasteiger partial charge >= 0.3 is 0 Å². The maximum Gasteiger partial charge on any atom is 0.223 e. The lowest BCUT2D eigenvalue weighted by molar-refractivity contribution is -0.119. The summed E-state index contributed by atoms with van der Waals surface area (Å²) in [4.78, 5) is 20.5. The molecule has 5 nitrogen and oxygen atoms in total. The number of nitrogens with one attached hydrogen (secondary N) is 2. The molecule has 3 aromatic rings. The Hall–Kier alpha value is -2.92. The minimum absolute atomic E-state index is 0.0176. The summed E-state index contributed by atoms with van der Waals surface area (Å²) in [5.41, 5.74) is 3.92. The zero-order chi connectivity index (χ0) is 20.9. The molecule has 30 heavy (non-hydrogen) atoms. The fourth-order valence-electron chi connectivity index (χ4n) is 4.04. The first-order chi connectivity index (χ1) is 14.6. The Kier molecular flexibility index (Phi) is 6.29. The number of amides is 1. The van der Waals surface area contributed by atoms with Crippen molar-refractivity contribution >= 4 is 23.5 Å². The van der Waals surface area contributed by atoms with Crippen molar-refractivity contribution in [3.8, 4) is 22.4 Å². The van der Waals surface area contributed by atoms with Crippen LogP contribution in [0, 0.1) is 0 Å². The van der Waals surface area contributed by atoms with Crippen molar-refractivity contribution in [3.63, 3.8) is 0 Å². The molecular formula is C24H25ClN4O. The Morgan fingerprint density at radius 1 is 1.00 bits per heavy atom. The maximum atomic E-state index is 11.4. The predicted molar refractivity (Wildman–Crippen MR) is 121 cm³/mol. The largest absolute Gasteiger partial charge is 0.354 e. The standard InChI is InChI=1S/C24H25ClN4O/c1-16(30)27-20-11-6-12-21(14-20)28-24-26-15-22(25)23(29-24)19-10-5-9-18(13-19)17-7-3-2-4-8-17/h2-5,7-10,13,15,20-21H,6,11-12,14H2,1H3,(H,27,30)(H,26,28,29)/t20-,21-/m1/s1. The van der Waals surface area contributed by atoms with Crippen molar-refractivity contribution in [1.82, 2.24) is 15.3 Å². The van der Waals surface area contributed by atoms with Gasteiger partial charge in [0.15, 0.2) is 0 Å². The van der Waals surface area contributed by atoms with E-state index in [2.05, 4.69) is 39.9 Å². The Bertz CT molecular complexity index is 1020. The Morgan fingerprint density at radius 2 is 1.73 bits per heavy atom. The van der Waals surface area contributed by atoms with Crippen LogP contribution in [0.1, 0.15) is 32.6 Å². The Morgan fingerprint density at radius 3 is 2.53 bits per heavy atom. The average Bonchev–Trinajstić information content (AvgIpc) is 2.76. The summed E-state index contributed by atoms with van der Waals surface area (Å²) in [5, 5.41) is 6.98. The summed E-state index contributed by atoms with van der Waals surface area (Å²) in [6.45, 7) is 1.56. The molecule has 154 valence electrons. The molecule has 1 saturated carbocycles. The number of carbonyl (C=O) groups excluding carboxylic acids is 1. The van der Waals surface area contributed by atoms with Gasteiger partial charge in [0.25, 0.3) is 0 Å². The minimum atomic E-state index is 0.0176. The van der Waals surface area contributed by atoms with Crippen molar-refractivity contribution in [2.24, 2.45) is 0 Å². The first-order valence-corrected chi connectivity index (χ1v) is 10.7.